The molecule has 0 radical (unpaired) electrons. The van der Waals surface area contributed by atoms with Crippen LogP contribution in [0.5, 0.6) is 0 Å². The minimum Gasteiger partial charge on any atom is -0.322 e. The van der Waals surface area contributed by atoms with Crippen LogP contribution in [0, 0.1) is 0 Å². The van der Waals surface area contributed by atoms with Crippen molar-refractivity contribution in [2.75, 3.05) is 5.32 Å². The van der Waals surface area contributed by atoms with Crippen LogP contribution < -0.4 is 10.9 Å². The molecule has 0 spiro atoms. The Morgan fingerprint density at radius 1 is 0.935 bits per heavy atom. The zero-order valence-electron chi connectivity index (χ0n) is 16.2. The van der Waals surface area contributed by atoms with Crippen LogP contribution in [0.1, 0.15) is 10.4 Å². The summed E-state index contributed by atoms with van der Waals surface area (Å²) in [6.45, 7) is 0. The number of H-pyrrole nitrogens is 1. The molecule has 0 fully saturated rings. The first-order valence-electron chi connectivity index (χ1n) is 9.55. The maximum absolute atomic E-state index is 13.0. The number of aromatic amines is 1. The Kier molecular flexibility index (Phi) is 4.57. The number of anilines is 1. The summed E-state index contributed by atoms with van der Waals surface area (Å²) < 4.78 is 1.66. The van der Waals surface area contributed by atoms with Gasteiger partial charge in [-0.25, -0.2) is 14.6 Å². The van der Waals surface area contributed by atoms with Crippen LogP contribution in [0.15, 0.2) is 90.0 Å². The second kappa shape index (κ2) is 7.68. The van der Waals surface area contributed by atoms with E-state index in [-0.39, 0.29) is 11.5 Å². The lowest BCUT2D eigenvalue weighted by molar-refractivity contribution is 0.102. The minimum absolute atomic E-state index is 0.274. The number of nitrogens with zero attached hydrogens (tertiary/aromatic N) is 4. The first-order valence-corrected chi connectivity index (χ1v) is 9.55. The molecular weight excluding hydrogens is 392 g/mol. The largest absolute Gasteiger partial charge is 0.322 e. The van der Waals surface area contributed by atoms with E-state index in [1.54, 1.807) is 35.0 Å². The van der Waals surface area contributed by atoms with E-state index in [2.05, 4.69) is 25.6 Å². The lowest BCUT2D eigenvalue weighted by Crippen LogP contribution is -2.12. The van der Waals surface area contributed by atoms with Crippen LogP contribution in [0.4, 0.5) is 5.69 Å². The van der Waals surface area contributed by atoms with Gasteiger partial charge in [0.25, 0.3) is 11.5 Å². The number of amides is 1. The van der Waals surface area contributed by atoms with E-state index in [9.17, 15) is 9.59 Å². The SMILES string of the molecule is O=C(Nc1cccc(-c2ccc(=O)[nH]n2)c1)c1cnn2c(-c3ccccc3)ccnc12. The van der Waals surface area contributed by atoms with Crippen molar-refractivity contribution in [2.45, 2.75) is 0 Å². The van der Waals surface area contributed by atoms with Gasteiger partial charge in [0.05, 0.1) is 17.6 Å². The van der Waals surface area contributed by atoms with Crippen molar-refractivity contribution in [3.8, 4) is 22.5 Å². The summed E-state index contributed by atoms with van der Waals surface area (Å²) in [5.41, 5.74) is 4.33. The molecule has 31 heavy (non-hydrogen) atoms. The summed E-state index contributed by atoms with van der Waals surface area (Å²) >= 11 is 0. The molecule has 0 saturated carbocycles. The molecule has 150 valence electrons. The summed E-state index contributed by atoms with van der Waals surface area (Å²) in [5, 5.41) is 13.7. The summed E-state index contributed by atoms with van der Waals surface area (Å²) in [5.74, 6) is -0.320. The summed E-state index contributed by atoms with van der Waals surface area (Å²) in [7, 11) is 0. The molecule has 5 aromatic rings. The molecule has 0 saturated heterocycles. The Labute approximate surface area is 176 Å². The van der Waals surface area contributed by atoms with Gasteiger partial charge in [-0.15, -0.1) is 0 Å². The van der Waals surface area contributed by atoms with Crippen LogP contribution >= 0.6 is 0 Å². The highest BCUT2D eigenvalue weighted by Gasteiger charge is 2.16. The average Bonchev–Trinajstić information content (AvgIpc) is 3.25. The number of benzene rings is 2. The molecule has 2 N–H and O–H groups in total. The van der Waals surface area contributed by atoms with Gasteiger partial charge in [0.2, 0.25) is 0 Å². The molecule has 0 aliphatic rings. The van der Waals surface area contributed by atoms with Gasteiger partial charge in [-0.1, -0.05) is 42.5 Å². The van der Waals surface area contributed by atoms with E-state index in [1.165, 1.54) is 12.3 Å². The van der Waals surface area contributed by atoms with Crippen LogP contribution in [-0.4, -0.2) is 30.7 Å². The highest BCUT2D eigenvalue weighted by molar-refractivity contribution is 6.08. The molecule has 0 aliphatic heterocycles. The smallest absolute Gasteiger partial charge is 0.264 e. The Morgan fingerprint density at radius 3 is 2.58 bits per heavy atom. The second-order valence-electron chi connectivity index (χ2n) is 6.83. The number of rotatable bonds is 4. The predicted octanol–water partition coefficient (Wildman–Crippen LogP) is 3.40. The van der Waals surface area contributed by atoms with Crippen molar-refractivity contribution < 1.29 is 4.79 Å². The maximum atomic E-state index is 13.0. The van der Waals surface area contributed by atoms with Crippen molar-refractivity contribution >= 4 is 17.2 Å². The van der Waals surface area contributed by atoms with Crippen LogP contribution in [0.2, 0.25) is 0 Å². The lowest BCUT2D eigenvalue weighted by Gasteiger charge is -2.07. The monoisotopic (exact) mass is 408 g/mol. The fourth-order valence-electron chi connectivity index (χ4n) is 3.34. The van der Waals surface area contributed by atoms with Gasteiger partial charge >= 0.3 is 0 Å². The van der Waals surface area contributed by atoms with E-state index in [0.29, 0.717) is 22.6 Å². The summed E-state index contributed by atoms with van der Waals surface area (Å²) in [6, 6.07) is 21.9. The van der Waals surface area contributed by atoms with Crippen molar-refractivity contribution in [2.24, 2.45) is 0 Å². The first kappa shape index (κ1) is 18.4. The molecular formula is C23H16N6O2. The number of aromatic nitrogens is 5. The van der Waals surface area contributed by atoms with Gasteiger partial charge in [0.15, 0.2) is 5.65 Å². The van der Waals surface area contributed by atoms with E-state index >= 15 is 0 Å². The zero-order chi connectivity index (χ0) is 21.2. The average molecular weight is 408 g/mol. The highest BCUT2D eigenvalue weighted by atomic mass is 16.1. The van der Waals surface area contributed by atoms with Crippen molar-refractivity contribution in [1.82, 2.24) is 24.8 Å². The Balaban J connectivity index is 1.46. The van der Waals surface area contributed by atoms with Gasteiger partial charge in [-0.3, -0.25) is 9.59 Å². The summed E-state index contributed by atoms with van der Waals surface area (Å²) in [6.07, 6.45) is 3.18. The first-order chi connectivity index (χ1) is 15.2. The Morgan fingerprint density at radius 2 is 1.77 bits per heavy atom. The molecule has 8 nitrogen and oxygen atoms in total. The molecule has 1 amide bonds. The Bertz CT molecular complexity index is 1440. The van der Waals surface area contributed by atoms with Crippen LogP contribution in [0.25, 0.3) is 28.2 Å². The third kappa shape index (κ3) is 3.58. The number of carbonyl (C=O) groups excluding carboxylic acids is 1. The number of fused-ring (bicyclic) bond motifs is 1. The number of hydrogen-bond donors (Lipinski definition) is 2. The van der Waals surface area contributed by atoms with Crippen molar-refractivity contribution in [3.05, 3.63) is 101 Å². The van der Waals surface area contributed by atoms with Gasteiger partial charge < -0.3 is 5.32 Å². The quantitative estimate of drug-likeness (QED) is 0.474. The molecule has 0 unspecified atom stereocenters. The molecule has 0 aliphatic carbocycles. The fraction of sp³-hybridized carbons (Fsp3) is 0. The number of hydrogen-bond acceptors (Lipinski definition) is 5. The standard InChI is InChI=1S/C23H16N6O2/c30-21-10-9-19(27-28-21)16-7-4-8-17(13-16)26-23(31)18-14-25-29-20(11-12-24-22(18)29)15-5-2-1-3-6-15/h1-14H,(H,26,31)(H,28,30). The van der Waals surface area contributed by atoms with Gasteiger partial charge in [-0.05, 0) is 24.3 Å². The zero-order valence-corrected chi connectivity index (χ0v) is 16.2. The third-order valence-electron chi connectivity index (χ3n) is 4.81. The molecule has 0 bridgehead atoms. The summed E-state index contributed by atoms with van der Waals surface area (Å²) in [4.78, 5) is 28.6. The van der Waals surface area contributed by atoms with Gasteiger partial charge in [0, 0.05) is 29.1 Å². The van der Waals surface area contributed by atoms with Crippen LogP contribution in [-0.2, 0) is 0 Å². The van der Waals surface area contributed by atoms with E-state index < -0.39 is 0 Å². The molecule has 3 aromatic heterocycles. The lowest BCUT2D eigenvalue weighted by atomic mass is 10.1. The highest BCUT2D eigenvalue weighted by Crippen LogP contribution is 2.23. The van der Waals surface area contributed by atoms with Gasteiger partial charge in [0.1, 0.15) is 5.56 Å². The normalized spacial score (nSPS) is 10.8. The second-order valence-corrected chi connectivity index (χ2v) is 6.83. The topological polar surface area (TPSA) is 105 Å². The minimum atomic E-state index is -0.320. The van der Waals surface area contributed by atoms with E-state index in [1.807, 2.05) is 42.5 Å². The molecule has 3 heterocycles. The Hall–Kier alpha value is -4.59. The molecule has 5 rings (SSSR count). The van der Waals surface area contributed by atoms with Crippen molar-refractivity contribution in [3.63, 3.8) is 0 Å². The third-order valence-corrected chi connectivity index (χ3v) is 4.81. The van der Waals surface area contributed by atoms with Gasteiger partial charge in [-0.2, -0.15) is 10.2 Å². The maximum Gasteiger partial charge on any atom is 0.264 e. The van der Waals surface area contributed by atoms with E-state index in [0.717, 1.165) is 16.8 Å². The molecule has 0 atom stereocenters. The number of carbonyl (C=O) groups is 1. The number of nitrogens with one attached hydrogen (secondary N) is 2. The fourth-order valence-corrected chi connectivity index (χ4v) is 3.34. The van der Waals surface area contributed by atoms with Crippen LogP contribution in [0.3, 0.4) is 0 Å². The predicted molar refractivity (Wildman–Crippen MR) is 117 cm³/mol. The van der Waals surface area contributed by atoms with Crippen molar-refractivity contribution in [1.29, 1.82) is 0 Å². The van der Waals surface area contributed by atoms with E-state index in [4.69, 9.17) is 0 Å². The molecule has 8 heteroatoms. The molecule has 2 aromatic carbocycles.